The fraction of sp³-hybridized carbons (Fsp3) is 0.412. The monoisotopic (exact) mass is 333 g/mol. The molecule has 0 radical (unpaired) electrons. The maximum absolute atomic E-state index is 11.7. The molecule has 2 unspecified atom stereocenters. The van der Waals surface area contributed by atoms with E-state index >= 15 is 0 Å². The number of nitrogens with one attached hydrogen (secondary N) is 1. The van der Waals surface area contributed by atoms with Crippen molar-refractivity contribution in [3.05, 3.63) is 52.8 Å². The Hall–Kier alpha value is -2.38. The summed E-state index contributed by atoms with van der Waals surface area (Å²) in [6.07, 6.45) is -2.94. The Morgan fingerprint density at radius 1 is 1.29 bits per heavy atom. The molecule has 2 aromatic rings. The molecule has 0 spiro atoms. The van der Waals surface area contributed by atoms with E-state index in [4.69, 9.17) is 4.74 Å². The lowest BCUT2D eigenvalue weighted by molar-refractivity contribution is 0.0176. The molecule has 0 saturated heterocycles. The van der Waals surface area contributed by atoms with Crippen molar-refractivity contribution in [2.45, 2.75) is 32.7 Å². The molecule has 1 aromatic heterocycles. The lowest BCUT2D eigenvalue weighted by Gasteiger charge is -2.19. The predicted molar refractivity (Wildman–Crippen MR) is 88.3 cm³/mol. The number of hydrogen-bond acceptors (Lipinski definition) is 5. The maximum atomic E-state index is 11.7. The molecule has 0 saturated carbocycles. The number of hydrogen-bond donors (Lipinski definition) is 3. The van der Waals surface area contributed by atoms with E-state index in [1.54, 1.807) is 18.7 Å². The first kappa shape index (κ1) is 18.0. The Labute approximate surface area is 140 Å². The van der Waals surface area contributed by atoms with Crippen LogP contribution < -0.4 is 5.32 Å². The number of amides is 1. The zero-order chi connectivity index (χ0) is 17.7. The van der Waals surface area contributed by atoms with Crippen LogP contribution in [0.15, 0.2) is 30.3 Å². The normalized spacial score (nSPS) is 13.4. The van der Waals surface area contributed by atoms with E-state index < -0.39 is 18.3 Å². The average Bonchev–Trinajstić information content (AvgIpc) is 2.83. The fourth-order valence-electron chi connectivity index (χ4n) is 2.48. The zero-order valence-corrected chi connectivity index (χ0v) is 14.1. The third kappa shape index (κ3) is 4.33. The van der Waals surface area contributed by atoms with Crippen LogP contribution in [-0.4, -0.2) is 38.7 Å². The molecule has 1 aromatic carbocycles. The standard InChI is InChI=1S/C17H23N3O4/c1-11-15(12(2)20(3)19-11)16(22)14(21)9-18-17(23)24-10-13-7-5-4-6-8-13/h4-8,14,16,21-22H,9-10H2,1-3H3,(H,18,23). The number of carbonyl (C=O) groups is 1. The molecule has 7 heteroatoms. The van der Waals surface area contributed by atoms with Crippen molar-refractivity contribution < 1.29 is 19.7 Å². The van der Waals surface area contributed by atoms with Gasteiger partial charge in [-0.05, 0) is 19.4 Å². The van der Waals surface area contributed by atoms with Crippen molar-refractivity contribution >= 4 is 6.09 Å². The summed E-state index contributed by atoms with van der Waals surface area (Å²) in [5, 5.41) is 27.1. The van der Waals surface area contributed by atoms with Crippen molar-refractivity contribution in [1.29, 1.82) is 0 Å². The van der Waals surface area contributed by atoms with Gasteiger partial charge >= 0.3 is 6.09 Å². The summed E-state index contributed by atoms with van der Waals surface area (Å²) < 4.78 is 6.70. The fourth-order valence-corrected chi connectivity index (χ4v) is 2.48. The van der Waals surface area contributed by atoms with Gasteiger partial charge in [-0.3, -0.25) is 4.68 Å². The number of nitrogens with zero attached hydrogens (tertiary/aromatic N) is 2. The van der Waals surface area contributed by atoms with Gasteiger partial charge in [0.25, 0.3) is 0 Å². The summed E-state index contributed by atoms with van der Waals surface area (Å²) in [5.74, 6) is 0. The van der Waals surface area contributed by atoms with Crippen LogP contribution in [-0.2, 0) is 18.4 Å². The minimum absolute atomic E-state index is 0.122. The summed E-state index contributed by atoms with van der Waals surface area (Å²) in [5.41, 5.74) is 2.86. The number of carbonyl (C=O) groups excluding carboxylic acids is 1. The summed E-state index contributed by atoms with van der Waals surface area (Å²) in [4.78, 5) is 11.7. The highest BCUT2D eigenvalue weighted by molar-refractivity contribution is 5.67. The molecule has 2 rings (SSSR count). The van der Waals surface area contributed by atoms with Crippen molar-refractivity contribution in [3.8, 4) is 0 Å². The van der Waals surface area contributed by atoms with E-state index in [1.165, 1.54) is 0 Å². The van der Waals surface area contributed by atoms with Gasteiger partial charge < -0.3 is 20.3 Å². The largest absolute Gasteiger partial charge is 0.445 e. The summed E-state index contributed by atoms with van der Waals surface area (Å²) in [6.45, 7) is 3.60. The highest BCUT2D eigenvalue weighted by Crippen LogP contribution is 2.23. The molecule has 7 nitrogen and oxygen atoms in total. The number of aromatic nitrogens is 2. The zero-order valence-electron chi connectivity index (χ0n) is 14.1. The SMILES string of the molecule is Cc1nn(C)c(C)c1C(O)C(O)CNC(=O)OCc1ccccc1. The lowest BCUT2D eigenvalue weighted by atomic mass is 10.0. The van der Waals surface area contributed by atoms with Gasteiger partial charge in [-0.1, -0.05) is 30.3 Å². The van der Waals surface area contributed by atoms with Gasteiger partial charge in [-0.15, -0.1) is 0 Å². The smallest absolute Gasteiger partial charge is 0.407 e. The number of aliphatic hydroxyl groups excluding tert-OH is 2. The predicted octanol–water partition coefficient (Wildman–Crippen LogP) is 1.36. The number of alkyl carbamates (subject to hydrolysis) is 1. The third-order valence-corrected chi connectivity index (χ3v) is 3.89. The van der Waals surface area contributed by atoms with Gasteiger partial charge in [-0.25, -0.2) is 4.79 Å². The van der Waals surface area contributed by atoms with Crippen molar-refractivity contribution in [2.24, 2.45) is 7.05 Å². The van der Waals surface area contributed by atoms with Crippen molar-refractivity contribution in [2.75, 3.05) is 6.54 Å². The highest BCUT2D eigenvalue weighted by atomic mass is 16.5. The Morgan fingerprint density at radius 3 is 2.54 bits per heavy atom. The van der Waals surface area contributed by atoms with E-state index in [0.29, 0.717) is 11.3 Å². The first-order chi connectivity index (χ1) is 11.4. The molecule has 0 aliphatic carbocycles. The molecule has 2 atom stereocenters. The van der Waals surface area contributed by atoms with Crippen LogP contribution in [0.25, 0.3) is 0 Å². The van der Waals surface area contributed by atoms with Gasteiger partial charge in [0.15, 0.2) is 0 Å². The molecule has 1 amide bonds. The van der Waals surface area contributed by atoms with Crippen LogP contribution in [0.2, 0.25) is 0 Å². The second-order valence-corrected chi connectivity index (χ2v) is 5.66. The van der Waals surface area contributed by atoms with Gasteiger partial charge in [0.1, 0.15) is 18.8 Å². The molecule has 1 heterocycles. The van der Waals surface area contributed by atoms with Gasteiger partial charge in [-0.2, -0.15) is 5.10 Å². The highest BCUT2D eigenvalue weighted by Gasteiger charge is 2.25. The van der Waals surface area contributed by atoms with Gasteiger partial charge in [0.2, 0.25) is 0 Å². The summed E-state index contributed by atoms with van der Waals surface area (Å²) in [6, 6.07) is 9.29. The van der Waals surface area contributed by atoms with E-state index in [9.17, 15) is 15.0 Å². The first-order valence-electron chi connectivity index (χ1n) is 7.71. The van der Waals surface area contributed by atoms with E-state index in [1.807, 2.05) is 37.3 Å². The number of aliphatic hydroxyl groups is 2. The molecule has 0 aliphatic heterocycles. The first-order valence-corrected chi connectivity index (χ1v) is 7.71. The molecule has 24 heavy (non-hydrogen) atoms. The van der Waals surface area contributed by atoms with Crippen LogP contribution >= 0.6 is 0 Å². The summed E-state index contributed by atoms with van der Waals surface area (Å²) >= 11 is 0. The van der Waals surface area contributed by atoms with Crippen LogP contribution in [0.4, 0.5) is 4.79 Å². The number of benzene rings is 1. The van der Waals surface area contributed by atoms with Gasteiger partial charge in [0, 0.05) is 24.8 Å². The van der Waals surface area contributed by atoms with Crippen LogP contribution in [0, 0.1) is 13.8 Å². The van der Waals surface area contributed by atoms with Crippen LogP contribution in [0.3, 0.4) is 0 Å². The average molecular weight is 333 g/mol. The van der Waals surface area contributed by atoms with Crippen molar-refractivity contribution in [3.63, 3.8) is 0 Å². The molecule has 3 N–H and O–H groups in total. The Balaban J connectivity index is 1.83. The second kappa shape index (κ2) is 7.94. The van der Waals surface area contributed by atoms with E-state index in [2.05, 4.69) is 10.4 Å². The number of ether oxygens (including phenoxy) is 1. The third-order valence-electron chi connectivity index (χ3n) is 3.89. The second-order valence-electron chi connectivity index (χ2n) is 5.66. The number of rotatable bonds is 6. The Morgan fingerprint density at radius 2 is 1.96 bits per heavy atom. The van der Waals surface area contributed by atoms with Crippen molar-refractivity contribution in [1.82, 2.24) is 15.1 Å². The number of aryl methyl sites for hydroxylation is 2. The quantitative estimate of drug-likeness (QED) is 0.742. The molecule has 0 aliphatic rings. The summed E-state index contributed by atoms with van der Waals surface area (Å²) in [7, 11) is 1.77. The minimum atomic E-state index is -1.16. The minimum Gasteiger partial charge on any atom is -0.445 e. The van der Waals surface area contributed by atoms with Crippen LogP contribution in [0.5, 0.6) is 0 Å². The van der Waals surface area contributed by atoms with Crippen LogP contribution in [0.1, 0.15) is 28.6 Å². The molecular formula is C17H23N3O4. The Bertz CT molecular complexity index is 685. The molecule has 130 valence electrons. The molecular weight excluding hydrogens is 310 g/mol. The Kier molecular flexibility index (Phi) is 5.94. The molecule has 0 bridgehead atoms. The van der Waals surface area contributed by atoms with Gasteiger partial charge in [0.05, 0.1) is 5.69 Å². The molecule has 0 fully saturated rings. The topological polar surface area (TPSA) is 96.6 Å². The van der Waals surface area contributed by atoms with E-state index in [0.717, 1.165) is 11.3 Å². The van der Waals surface area contributed by atoms with E-state index in [-0.39, 0.29) is 13.2 Å². The lowest BCUT2D eigenvalue weighted by Crippen LogP contribution is -2.36. The maximum Gasteiger partial charge on any atom is 0.407 e.